The summed E-state index contributed by atoms with van der Waals surface area (Å²) in [7, 11) is 1.76. The van der Waals surface area contributed by atoms with Gasteiger partial charge in [0.1, 0.15) is 11.6 Å². The fraction of sp³-hybridized carbons (Fsp3) is 0.667. The van der Waals surface area contributed by atoms with Gasteiger partial charge in [0.15, 0.2) is 0 Å². The molecule has 0 aromatic carbocycles. The van der Waals surface area contributed by atoms with E-state index < -0.39 is 0 Å². The van der Waals surface area contributed by atoms with Gasteiger partial charge in [0.2, 0.25) is 0 Å². The van der Waals surface area contributed by atoms with Crippen molar-refractivity contribution in [3.05, 3.63) is 17.3 Å². The van der Waals surface area contributed by atoms with Crippen LogP contribution >= 0.6 is 0 Å². The number of hydrogen-bond acceptors (Lipinski definition) is 4. The zero-order valence-electron chi connectivity index (χ0n) is 11.7. The number of methoxy groups -OCH3 is 1. The maximum atomic E-state index is 5.53. The molecule has 1 aromatic heterocycles. The van der Waals surface area contributed by atoms with Crippen molar-refractivity contribution in [2.24, 2.45) is 5.92 Å². The molecular formula is C15H23N3O. The molecule has 0 radical (unpaired) electrons. The predicted molar refractivity (Wildman–Crippen MR) is 76.9 cm³/mol. The first-order valence-electron chi connectivity index (χ1n) is 7.38. The molecule has 0 saturated carbocycles. The topological polar surface area (TPSA) is 46.2 Å². The number of aryl methyl sites for hydroxylation is 1. The number of fused-ring (bicyclic) bond motifs is 1. The maximum Gasteiger partial charge on any atom is 0.133 e. The summed E-state index contributed by atoms with van der Waals surface area (Å²) in [6, 6.07) is 2.13. The van der Waals surface area contributed by atoms with Crippen LogP contribution < -0.4 is 15.4 Å². The lowest BCUT2D eigenvalue weighted by atomic mass is 9.99. The first-order valence-corrected chi connectivity index (χ1v) is 7.38. The molecular weight excluding hydrogens is 238 g/mol. The van der Waals surface area contributed by atoms with Crippen LogP contribution in [-0.4, -0.2) is 31.7 Å². The molecule has 104 valence electrons. The average molecular weight is 261 g/mol. The van der Waals surface area contributed by atoms with E-state index in [1.54, 1.807) is 7.11 Å². The molecule has 4 nitrogen and oxygen atoms in total. The van der Waals surface area contributed by atoms with E-state index in [4.69, 9.17) is 9.72 Å². The third kappa shape index (κ3) is 2.84. The Morgan fingerprint density at radius 3 is 3.16 bits per heavy atom. The molecule has 19 heavy (non-hydrogen) atoms. The lowest BCUT2D eigenvalue weighted by molar-refractivity contribution is 0.407. The van der Waals surface area contributed by atoms with E-state index >= 15 is 0 Å². The van der Waals surface area contributed by atoms with Crippen molar-refractivity contribution in [2.45, 2.75) is 32.1 Å². The summed E-state index contributed by atoms with van der Waals surface area (Å²) in [6.45, 7) is 3.37. The summed E-state index contributed by atoms with van der Waals surface area (Å²) in [4.78, 5) is 4.77. The van der Waals surface area contributed by atoms with E-state index in [1.165, 1.54) is 31.5 Å². The Bertz CT molecular complexity index is 424. The summed E-state index contributed by atoms with van der Waals surface area (Å²) >= 11 is 0. The van der Waals surface area contributed by atoms with Gasteiger partial charge in [-0.15, -0.1) is 0 Å². The van der Waals surface area contributed by atoms with Crippen molar-refractivity contribution in [2.75, 3.05) is 32.1 Å². The van der Waals surface area contributed by atoms with Crippen molar-refractivity contribution in [1.82, 2.24) is 10.3 Å². The summed E-state index contributed by atoms with van der Waals surface area (Å²) in [6.07, 6.45) is 5.82. The van der Waals surface area contributed by atoms with Crippen LogP contribution in [0.5, 0.6) is 5.75 Å². The van der Waals surface area contributed by atoms with Crippen molar-refractivity contribution >= 4 is 5.82 Å². The smallest absolute Gasteiger partial charge is 0.133 e. The minimum absolute atomic E-state index is 0.816. The number of pyridine rings is 1. The fourth-order valence-corrected chi connectivity index (χ4v) is 3.08. The number of ether oxygens (including phenoxy) is 1. The Balaban J connectivity index is 1.73. The molecule has 3 rings (SSSR count). The molecule has 1 fully saturated rings. The van der Waals surface area contributed by atoms with Gasteiger partial charge in [-0.1, -0.05) is 0 Å². The third-order valence-electron chi connectivity index (χ3n) is 4.22. The van der Waals surface area contributed by atoms with Gasteiger partial charge in [0.05, 0.1) is 7.11 Å². The summed E-state index contributed by atoms with van der Waals surface area (Å²) in [5, 5.41) is 6.83. The predicted octanol–water partition coefficient (Wildman–Crippen LogP) is 1.99. The minimum Gasteiger partial charge on any atom is -0.496 e. The van der Waals surface area contributed by atoms with Gasteiger partial charge >= 0.3 is 0 Å². The van der Waals surface area contributed by atoms with Gasteiger partial charge in [-0.2, -0.15) is 0 Å². The number of anilines is 1. The number of nitrogens with one attached hydrogen (secondary N) is 2. The molecule has 0 bridgehead atoms. The standard InChI is InChI=1S/C15H23N3O/c1-19-14-9-12(5-4-11-6-8-16-10-11)18-15-13(14)3-2-7-17-15/h9,11,16H,2-8,10H2,1H3,(H,17,18)/t11-/m1/s1. The fourth-order valence-electron chi connectivity index (χ4n) is 3.08. The second-order valence-corrected chi connectivity index (χ2v) is 5.57. The van der Waals surface area contributed by atoms with Crippen molar-refractivity contribution in [1.29, 1.82) is 0 Å². The number of hydrogen-bond donors (Lipinski definition) is 2. The highest BCUT2D eigenvalue weighted by Crippen LogP contribution is 2.30. The molecule has 0 amide bonds. The second-order valence-electron chi connectivity index (χ2n) is 5.57. The molecule has 1 saturated heterocycles. The van der Waals surface area contributed by atoms with Gasteiger partial charge in [-0.3, -0.25) is 0 Å². The van der Waals surface area contributed by atoms with Gasteiger partial charge in [0, 0.05) is 23.9 Å². The van der Waals surface area contributed by atoms with Crippen LogP contribution in [0.25, 0.3) is 0 Å². The van der Waals surface area contributed by atoms with E-state index in [2.05, 4.69) is 16.7 Å². The Morgan fingerprint density at radius 2 is 2.37 bits per heavy atom. The molecule has 1 atom stereocenters. The van der Waals surface area contributed by atoms with Crippen LogP contribution in [0.4, 0.5) is 5.82 Å². The van der Waals surface area contributed by atoms with Gasteiger partial charge in [-0.05, 0) is 51.1 Å². The molecule has 1 aromatic rings. The van der Waals surface area contributed by atoms with Crippen molar-refractivity contribution in [3.63, 3.8) is 0 Å². The highest BCUT2D eigenvalue weighted by molar-refractivity contribution is 5.54. The Hall–Kier alpha value is -1.29. The van der Waals surface area contributed by atoms with E-state index in [9.17, 15) is 0 Å². The third-order valence-corrected chi connectivity index (χ3v) is 4.22. The molecule has 3 heterocycles. The highest BCUT2D eigenvalue weighted by Gasteiger charge is 2.18. The van der Waals surface area contributed by atoms with Crippen LogP contribution in [-0.2, 0) is 12.8 Å². The monoisotopic (exact) mass is 261 g/mol. The number of aromatic nitrogens is 1. The van der Waals surface area contributed by atoms with Gasteiger partial charge < -0.3 is 15.4 Å². The highest BCUT2D eigenvalue weighted by atomic mass is 16.5. The largest absolute Gasteiger partial charge is 0.496 e. The van der Waals surface area contributed by atoms with E-state index in [0.717, 1.165) is 49.0 Å². The lowest BCUT2D eigenvalue weighted by Crippen LogP contribution is -2.16. The van der Waals surface area contributed by atoms with Gasteiger partial charge in [-0.25, -0.2) is 4.98 Å². The summed E-state index contributed by atoms with van der Waals surface area (Å²) in [5.74, 6) is 2.87. The van der Waals surface area contributed by atoms with E-state index in [0.29, 0.717) is 0 Å². The van der Waals surface area contributed by atoms with Crippen molar-refractivity contribution in [3.8, 4) is 5.75 Å². The normalized spacial score (nSPS) is 21.8. The van der Waals surface area contributed by atoms with E-state index in [-0.39, 0.29) is 0 Å². The maximum absolute atomic E-state index is 5.53. The molecule has 4 heteroatoms. The van der Waals surface area contributed by atoms with Crippen LogP contribution in [0, 0.1) is 5.92 Å². The average Bonchev–Trinajstić information content (AvgIpc) is 2.97. The summed E-state index contributed by atoms with van der Waals surface area (Å²) < 4.78 is 5.53. The first-order chi connectivity index (χ1) is 9.36. The Kier molecular flexibility index (Phi) is 3.87. The quantitative estimate of drug-likeness (QED) is 0.870. The van der Waals surface area contributed by atoms with Gasteiger partial charge in [0.25, 0.3) is 0 Å². The number of nitrogens with zero attached hydrogens (tertiary/aromatic N) is 1. The van der Waals surface area contributed by atoms with Crippen LogP contribution in [0.2, 0.25) is 0 Å². The number of rotatable bonds is 4. The molecule has 0 unspecified atom stereocenters. The molecule has 2 aliphatic rings. The Morgan fingerprint density at radius 1 is 1.42 bits per heavy atom. The zero-order chi connectivity index (χ0) is 13.1. The van der Waals surface area contributed by atoms with E-state index in [1.807, 2.05) is 0 Å². The second kappa shape index (κ2) is 5.78. The minimum atomic E-state index is 0.816. The van der Waals surface area contributed by atoms with Crippen molar-refractivity contribution < 1.29 is 4.74 Å². The zero-order valence-corrected chi connectivity index (χ0v) is 11.7. The SMILES string of the molecule is COc1cc(CC[C@@H]2CCNC2)nc2c1CCCN2. The molecule has 2 N–H and O–H groups in total. The summed E-state index contributed by atoms with van der Waals surface area (Å²) in [5.41, 5.74) is 2.41. The van der Waals surface area contributed by atoms with Crippen LogP contribution in [0.3, 0.4) is 0 Å². The lowest BCUT2D eigenvalue weighted by Gasteiger charge is -2.20. The first kappa shape index (κ1) is 12.7. The Labute approximate surface area is 115 Å². The van der Waals surface area contributed by atoms with Crippen LogP contribution in [0.1, 0.15) is 30.5 Å². The molecule has 0 spiro atoms. The molecule has 2 aliphatic heterocycles. The van der Waals surface area contributed by atoms with Crippen LogP contribution in [0.15, 0.2) is 6.07 Å². The molecule has 0 aliphatic carbocycles.